The molecule has 1 aromatic carbocycles. The molecule has 3 rings (SSSR count). The van der Waals surface area contributed by atoms with Gasteiger partial charge in [0.05, 0.1) is 12.2 Å². The van der Waals surface area contributed by atoms with E-state index in [1.807, 2.05) is 0 Å². The predicted octanol–water partition coefficient (Wildman–Crippen LogP) is 0.915. The zero-order valence-corrected chi connectivity index (χ0v) is 10.7. The number of nitrogens with one attached hydrogen (secondary N) is 2. The van der Waals surface area contributed by atoms with Crippen LogP contribution in [0.5, 0.6) is 0 Å². The minimum Gasteiger partial charge on any atom is -0.322 e. The summed E-state index contributed by atoms with van der Waals surface area (Å²) in [4.78, 5) is 14.1. The van der Waals surface area contributed by atoms with E-state index in [4.69, 9.17) is 0 Å². The minimum atomic E-state index is -0.390. The number of hydrogen-bond donors (Lipinski definition) is 2. The van der Waals surface area contributed by atoms with Crippen molar-refractivity contribution in [1.29, 1.82) is 0 Å². The van der Waals surface area contributed by atoms with Gasteiger partial charge in [0.15, 0.2) is 0 Å². The quantitative estimate of drug-likeness (QED) is 0.852. The fraction of sp³-hybridized carbons (Fsp3) is 0.500. The maximum absolute atomic E-state index is 13.4. The van der Waals surface area contributed by atoms with Crippen LogP contribution in [0.2, 0.25) is 0 Å². The highest BCUT2D eigenvalue weighted by molar-refractivity contribution is 5.92. The lowest BCUT2D eigenvalue weighted by Gasteiger charge is -2.16. The van der Waals surface area contributed by atoms with Gasteiger partial charge in [-0.05, 0) is 37.1 Å². The van der Waals surface area contributed by atoms with E-state index in [-0.39, 0.29) is 11.6 Å². The number of rotatable bonds is 3. The second-order valence-electron chi connectivity index (χ2n) is 5.40. The number of hydrogen-bond acceptors (Lipinski definition) is 3. The summed E-state index contributed by atoms with van der Waals surface area (Å²) in [6.07, 6.45) is 0. The lowest BCUT2D eigenvalue weighted by Crippen LogP contribution is -2.33. The molecule has 2 saturated heterocycles. The zero-order chi connectivity index (χ0) is 13.2. The predicted molar refractivity (Wildman–Crippen MR) is 71.3 cm³/mol. The average Bonchev–Trinajstić information content (AvgIpc) is 2.92. The zero-order valence-electron chi connectivity index (χ0n) is 10.7. The Morgan fingerprint density at radius 3 is 2.68 bits per heavy atom. The van der Waals surface area contributed by atoms with Gasteiger partial charge in [0, 0.05) is 13.1 Å². The van der Waals surface area contributed by atoms with Crippen molar-refractivity contribution in [1.82, 2.24) is 10.2 Å². The van der Waals surface area contributed by atoms with Crippen LogP contribution < -0.4 is 10.6 Å². The molecule has 0 aromatic heterocycles. The first kappa shape index (κ1) is 12.6. The van der Waals surface area contributed by atoms with Gasteiger partial charge in [-0.25, -0.2) is 4.39 Å². The summed E-state index contributed by atoms with van der Waals surface area (Å²) in [6.45, 7) is 4.37. The SMILES string of the molecule is O=C(CN1C[C@H]2CNC[C@H]2C1)Nc1ccccc1F. The molecule has 2 atom stereocenters. The van der Waals surface area contributed by atoms with Crippen molar-refractivity contribution in [2.45, 2.75) is 0 Å². The maximum Gasteiger partial charge on any atom is 0.238 e. The Kier molecular flexibility index (Phi) is 3.48. The highest BCUT2D eigenvalue weighted by atomic mass is 19.1. The summed E-state index contributed by atoms with van der Waals surface area (Å²) in [6, 6.07) is 6.25. The molecule has 0 saturated carbocycles. The Morgan fingerprint density at radius 1 is 1.32 bits per heavy atom. The van der Waals surface area contributed by atoms with Gasteiger partial charge >= 0.3 is 0 Å². The topological polar surface area (TPSA) is 44.4 Å². The number of carbonyl (C=O) groups excluding carboxylic acids is 1. The Balaban J connectivity index is 1.53. The van der Waals surface area contributed by atoms with Gasteiger partial charge in [-0.15, -0.1) is 0 Å². The van der Waals surface area contributed by atoms with E-state index in [1.165, 1.54) is 6.07 Å². The number of carbonyl (C=O) groups is 1. The normalized spacial score (nSPS) is 26.4. The third-order valence-corrected chi connectivity index (χ3v) is 3.98. The molecule has 19 heavy (non-hydrogen) atoms. The number of halogens is 1. The van der Waals surface area contributed by atoms with E-state index in [2.05, 4.69) is 15.5 Å². The van der Waals surface area contributed by atoms with E-state index >= 15 is 0 Å². The maximum atomic E-state index is 13.4. The van der Waals surface area contributed by atoms with Crippen LogP contribution in [0.4, 0.5) is 10.1 Å². The lowest BCUT2D eigenvalue weighted by molar-refractivity contribution is -0.117. The van der Waals surface area contributed by atoms with Crippen molar-refractivity contribution in [3.63, 3.8) is 0 Å². The largest absolute Gasteiger partial charge is 0.322 e. The molecule has 2 aliphatic heterocycles. The highest BCUT2D eigenvalue weighted by Gasteiger charge is 2.36. The van der Waals surface area contributed by atoms with E-state index in [0.717, 1.165) is 26.2 Å². The third-order valence-electron chi connectivity index (χ3n) is 3.98. The van der Waals surface area contributed by atoms with Crippen LogP contribution >= 0.6 is 0 Å². The van der Waals surface area contributed by atoms with Gasteiger partial charge in [-0.2, -0.15) is 0 Å². The standard InChI is InChI=1S/C14H18FN3O/c15-12-3-1-2-4-13(12)17-14(19)9-18-7-10-5-16-6-11(10)8-18/h1-4,10-11,16H,5-9H2,(H,17,19)/t10-,11+. The number of anilines is 1. The molecule has 5 heteroatoms. The Morgan fingerprint density at radius 2 is 2.00 bits per heavy atom. The number of nitrogens with zero attached hydrogens (tertiary/aromatic N) is 1. The van der Waals surface area contributed by atoms with E-state index in [9.17, 15) is 9.18 Å². The molecule has 0 radical (unpaired) electrons. The lowest BCUT2D eigenvalue weighted by atomic mass is 10.0. The van der Waals surface area contributed by atoms with Crippen molar-refractivity contribution in [2.75, 3.05) is 38.0 Å². The van der Waals surface area contributed by atoms with E-state index in [0.29, 0.717) is 18.4 Å². The van der Waals surface area contributed by atoms with Crippen molar-refractivity contribution in [3.05, 3.63) is 30.1 Å². The summed E-state index contributed by atoms with van der Waals surface area (Å²) in [5.74, 6) is 0.805. The van der Waals surface area contributed by atoms with E-state index < -0.39 is 5.82 Å². The number of amides is 1. The van der Waals surface area contributed by atoms with E-state index in [1.54, 1.807) is 18.2 Å². The fourth-order valence-electron chi connectivity index (χ4n) is 3.04. The van der Waals surface area contributed by atoms with Crippen molar-refractivity contribution >= 4 is 11.6 Å². The van der Waals surface area contributed by atoms with Crippen LogP contribution in [-0.4, -0.2) is 43.5 Å². The molecular weight excluding hydrogens is 245 g/mol. The monoisotopic (exact) mass is 263 g/mol. The molecule has 0 spiro atoms. The second-order valence-corrected chi connectivity index (χ2v) is 5.40. The Bertz CT molecular complexity index is 468. The molecule has 0 bridgehead atoms. The van der Waals surface area contributed by atoms with Crippen LogP contribution in [0.1, 0.15) is 0 Å². The van der Waals surface area contributed by atoms with Gasteiger partial charge in [-0.1, -0.05) is 12.1 Å². The summed E-state index contributed by atoms with van der Waals surface area (Å²) < 4.78 is 13.4. The van der Waals surface area contributed by atoms with Gasteiger partial charge in [-0.3, -0.25) is 9.69 Å². The van der Waals surface area contributed by atoms with Crippen molar-refractivity contribution in [2.24, 2.45) is 11.8 Å². The summed E-state index contributed by atoms with van der Waals surface area (Å²) in [7, 11) is 0. The number of benzene rings is 1. The first-order valence-electron chi connectivity index (χ1n) is 6.70. The highest BCUT2D eigenvalue weighted by Crippen LogP contribution is 2.25. The van der Waals surface area contributed by atoms with Crippen LogP contribution in [0.15, 0.2) is 24.3 Å². The number of fused-ring (bicyclic) bond motifs is 1. The van der Waals surface area contributed by atoms with Crippen molar-refractivity contribution < 1.29 is 9.18 Å². The Labute approximate surface area is 112 Å². The first-order valence-corrected chi connectivity index (χ1v) is 6.70. The average molecular weight is 263 g/mol. The van der Waals surface area contributed by atoms with Gasteiger partial charge in [0.2, 0.25) is 5.91 Å². The summed E-state index contributed by atoms with van der Waals surface area (Å²) in [5, 5.41) is 6.00. The number of para-hydroxylation sites is 1. The molecule has 2 fully saturated rings. The van der Waals surface area contributed by atoms with Crippen LogP contribution in [0.3, 0.4) is 0 Å². The second kappa shape index (κ2) is 5.27. The molecule has 2 N–H and O–H groups in total. The molecule has 1 aromatic rings. The molecule has 2 aliphatic rings. The van der Waals surface area contributed by atoms with Crippen LogP contribution in [-0.2, 0) is 4.79 Å². The molecular formula is C14H18FN3O. The van der Waals surface area contributed by atoms with Crippen LogP contribution in [0, 0.1) is 17.7 Å². The molecule has 102 valence electrons. The summed E-state index contributed by atoms with van der Waals surface area (Å²) >= 11 is 0. The minimum absolute atomic E-state index is 0.141. The number of likely N-dealkylation sites (tertiary alicyclic amines) is 1. The van der Waals surface area contributed by atoms with Gasteiger partial charge < -0.3 is 10.6 Å². The molecule has 0 unspecified atom stereocenters. The molecule has 1 amide bonds. The van der Waals surface area contributed by atoms with Crippen molar-refractivity contribution in [3.8, 4) is 0 Å². The molecule has 0 aliphatic carbocycles. The third kappa shape index (κ3) is 2.77. The van der Waals surface area contributed by atoms with Crippen LogP contribution in [0.25, 0.3) is 0 Å². The molecule has 4 nitrogen and oxygen atoms in total. The Hall–Kier alpha value is -1.46. The van der Waals surface area contributed by atoms with Gasteiger partial charge in [0.1, 0.15) is 5.82 Å². The summed E-state index contributed by atoms with van der Waals surface area (Å²) in [5.41, 5.74) is 0.258. The first-order chi connectivity index (χ1) is 9.22. The smallest absolute Gasteiger partial charge is 0.238 e. The fourth-order valence-corrected chi connectivity index (χ4v) is 3.04. The van der Waals surface area contributed by atoms with Gasteiger partial charge in [0.25, 0.3) is 0 Å². The molecule has 2 heterocycles.